The first kappa shape index (κ1) is 29.1. The molecule has 0 saturated heterocycles. The molecular formula is C31H41NO6. The molecule has 0 aromatic heterocycles. The molecule has 1 amide bonds. The quantitative estimate of drug-likeness (QED) is 0.173. The van der Waals surface area contributed by atoms with Crippen LogP contribution in [0.3, 0.4) is 0 Å². The van der Waals surface area contributed by atoms with Crippen LogP contribution in [0.25, 0.3) is 0 Å². The number of rotatable bonds is 15. The van der Waals surface area contributed by atoms with E-state index in [1.165, 1.54) is 25.7 Å². The molecule has 1 N–H and O–H groups in total. The lowest BCUT2D eigenvalue weighted by molar-refractivity contribution is -0.146. The van der Waals surface area contributed by atoms with Crippen molar-refractivity contribution in [3.05, 3.63) is 65.7 Å². The molecule has 0 saturated carbocycles. The number of esters is 1. The molecule has 7 nitrogen and oxygen atoms in total. The zero-order valence-corrected chi connectivity index (χ0v) is 23.0. The van der Waals surface area contributed by atoms with Crippen LogP contribution in [0.4, 0.5) is 0 Å². The fraction of sp³-hybridized carbons (Fsp3) is 0.484. The van der Waals surface area contributed by atoms with Gasteiger partial charge in [0.1, 0.15) is 17.2 Å². The van der Waals surface area contributed by atoms with Crippen molar-refractivity contribution in [2.75, 3.05) is 27.4 Å². The standard InChI is InChI=1S/C31H41NO6/c1-5-7-8-9-10-19-38-25-15-12-22(13-16-25)30(33)32-24-14-11-23(20-24)29(31(34)37-6-2)27-21-26(35-3)17-18-28(27)36-4/h11-18,21,23-24,29H,5-10,19-20H2,1-4H3,(H,32,33)/t23-,24+,29+/m0/s1. The summed E-state index contributed by atoms with van der Waals surface area (Å²) >= 11 is 0. The number of methoxy groups -OCH3 is 2. The van der Waals surface area contributed by atoms with Crippen LogP contribution in [0.1, 0.15) is 74.2 Å². The molecule has 206 valence electrons. The normalized spacial score (nSPS) is 17.1. The van der Waals surface area contributed by atoms with Crippen LogP contribution in [0.5, 0.6) is 17.2 Å². The number of ether oxygens (including phenoxy) is 4. The van der Waals surface area contributed by atoms with Crippen LogP contribution in [-0.2, 0) is 9.53 Å². The summed E-state index contributed by atoms with van der Waals surface area (Å²) in [6, 6.07) is 12.4. The monoisotopic (exact) mass is 523 g/mol. The molecule has 1 aliphatic rings. The molecule has 0 spiro atoms. The zero-order chi connectivity index (χ0) is 27.3. The minimum atomic E-state index is -0.587. The van der Waals surface area contributed by atoms with E-state index in [9.17, 15) is 9.59 Å². The summed E-state index contributed by atoms with van der Waals surface area (Å²) in [6.45, 7) is 4.95. The van der Waals surface area contributed by atoms with E-state index in [0.29, 0.717) is 35.7 Å². The van der Waals surface area contributed by atoms with Crippen LogP contribution in [0, 0.1) is 5.92 Å². The van der Waals surface area contributed by atoms with Gasteiger partial charge in [0.05, 0.1) is 33.4 Å². The third-order valence-corrected chi connectivity index (χ3v) is 6.81. The van der Waals surface area contributed by atoms with Crippen molar-refractivity contribution in [3.63, 3.8) is 0 Å². The Balaban J connectivity index is 1.61. The molecule has 3 rings (SSSR count). The molecule has 0 unspecified atom stereocenters. The summed E-state index contributed by atoms with van der Waals surface area (Å²) in [7, 11) is 3.16. The molecule has 0 bridgehead atoms. The molecule has 7 heteroatoms. The lowest BCUT2D eigenvalue weighted by Gasteiger charge is -2.24. The zero-order valence-electron chi connectivity index (χ0n) is 23.0. The molecule has 2 aromatic carbocycles. The minimum Gasteiger partial charge on any atom is -0.497 e. The predicted molar refractivity (Wildman–Crippen MR) is 148 cm³/mol. The van der Waals surface area contributed by atoms with Crippen molar-refractivity contribution in [1.82, 2.24) is 5.32 Å². The molecule has 1 aliphatic carbocycles. The first-order valence-corrected chi connectivity index (χ1v) is 13.6. The maximum atomic E-state index is 13.1. The smallest absolute Gasteiger partial charge is 0.314 e. The van der Waals surface area contributed by atoms with E-state index in [2.05, 4.69) is 12.2 Å². The highest BCUT2D eigenvalue weighted by atomic mass is 16.5. The first-order chi connectivity index (χ1) is 18.5. The number of allylic oxidation sites excluding steroid dienone is 1. The Bertz CT molecular complexity index is 1060. The van der Waals surface area contributed by atoms with Gasteiger partial charge in [-0.25, -0.2) is 0 Å². The van der Waals surface area contributed by atoms with Gasteiger partial charge >= 0.3 is 5.97 Å². The Labute approximate surface area is 226 Å². The van der Waals surface area contributed by atoms with Crippen molar-refractivity contribution >= 4 is 11.9 Å². The highest BCUT2D eigenvalue weighted by Crippen LogP contribution is 2.40. The maximum absolute atomic E-state index is 13.1. The number of hydrogen-bond acceptors (Lipinski definition) is 6. The molecule has 0 fully saturated rings. The highest BCUT2D eigenvalue weighted by molar-refractivity contribution is 5.94. The number of hydrogen-bond donors (Lipinski definition) is 1. The summed E-state index contributed by atoms with van der Waals surface area (Å²) in [5.74, 6) is 0.728. The second-order valence-corrected chi connectivity index (χ2v) is 9.49. The van der Waals surface area contributed by atoms with Gasteiger partial charge in [-0.05, 0) is 68.1 Å². The second kappa shape index (κ2) is 15.1. The Hall–Kier alpha value is -3.48. The minimum absolute atomic E-state index is 0.168. The summed E-state index contributed by atoms with van der Waals surface area (Å²) in [5.41, 5.74) is 1.27. The van der Waals surface area contributed by atoms with E-state index < -0.39 is 5.92 Å². The summed E-state index contributed by atoms with van der Waals surface area (Å²) in [5, 5.41) is 3.07. The van der Waals surface area contributed by atoms with Gasteiger partial charge in [0.2, 0.25) is 0 Å². The first-order valence-electron chi connectivity index (χ1n) is 13.6. The summed E-state index contributed by atoms with van der Waals surface area (Å²) in [4.78, 5) is 26.0. The molecule has 0 aliphatic heterocycles. The van der Waals surface area contributed by atoms with Crippen molar-refractivity contribution < 1.29 is 28.5 Å². The van der Waals surface area contributed by atoms with Crippen LogP contribution in [0.15, 0.2) is 54.6 Å². The van der Waals surface area contributed by atoms with E-state index in [1.807, 2.05) is 30.4 Å². The predicted octanol–water partition coefficient (Wildman–Crippen LogP) is 6.07. The van der Waals surface area contributed by atoms with Gasteiger partial charge in [-0.2, -0.15) is 0 Å². The Morgan fingerprint density at radius 3 is 2.34 bits per heavy atom. The molecule has 38 heavy (non-hydrogen) atoms. The van der Waals surface area contributed by atoms with Crippen molar-refractivity contribution in [2.45, 2.75) is 64.3 Å². The van der Waals surface area contributed by atoms with Gasteiger partial charge in [-0.3, -0.25) is 9.59 Å². The highest BCUT2D eigenvalue weighted by Gasteiger charge is 2.36. The lowest BCUT2D eigenvalue weighted by atomic mass is 9.84. The molecule has 3 atom stereocenters. The van der Waals surface area contributed by atoms with Gasteiger partial charge in [0.25, 0.3) is 5.91 Å². The number of unbranched alkanes of at least 4 members (excludes halogenated alkanes) is 4. The number of carbonyl (C=O) groups is 2. The van der Waals surface area contributed by atoms with Crippen LogP contribution in [0.2, 0.25) is 0 Å². The largest absolute Gasteiger partial charge is 0.497 e. The van der Waals surface area contributed by atoms with Crippen LogP contribution in [-0.4, -0.2) is 45.4 Å². The maximum Gasteiger partial charge on any atom is 0.314 e. The van der Waals surface area contributed by atoms with E-state index >= 15 is 0 Å². The Morgan fingerprint density at radius 1 is 0.921 bits per heavy atom. The number of amides is 1. The van der Waals surface area contributed by atoms with E-state index in [1.54, 1.807) is 45.4 Å². The Kier molecular flexibility index (Phi) is 11.5. The lowest BCUT2D eigenvalue weighted by Crippen LogP contribution is -2.33. The number of nitrogens with one attached hydrogen (secondary N) is 1. The van der Waals surface area contributed by atoms with Gasteiger partial charge in [-0.1, -0.05) is 44.8 Å². The van der Waals surface area contributed by atoms with Crippen molar-refractivity contribution in [2.24, 2.45) is 5.92 Å². The van der Waals surface area contributed by atoms with Crippen molar-refractivity contribution in [3.8, 4) is 17.2 Å². The number of benzene rings is 2. The third-order valence-electron chi connectivity index (χ3n) is 6.81. The van der Waals surface area contributed by atoms with Crippen LogP contribution < -0.4 is 19.5 Å². The van der Waals surface area contributed by atoms with E-state index in [-0.39, 0.29) is 30.4 Å². The van der Waals surface area contributed by atoms with Crippen molar-refractivity contribution in [1.29, 1.82) is 0 Å². The van der Waals surface area contributed by atoms with Gasteiger partial charge in [-0.15, -0.1) is 0 Å². The average Bonchev–Trinajstić information content (AvgIpc) is 3.38. The van der Waals surface area contributed by atoms with Gasteiger partial charge in [0, 0.05) is 17.2 Å². The number of carbonyl (C=O) groups excluding carboxylic acids is 2. The second-order valence-electron chi connectivity index (χ2n) is 9.49. The summed E-state index contributed by atoms with van der Waals surface area (Å²) in [6.07, 6.45) is 10.4. The fourth-order valence-electron chi connectivity index (χ4n) is 4.78. The van der Waals surface area contributed by atoms with E-state index in [0.717, 1.165) is 12.2 Å². The summed E-state index contributed by atoms with van der Waals surface area (Å²) < 4.78 is 22.2. The molecule has 0 radical (unpaired) electrons. The Morgan fingerprint density at radius 2 is 1.66 bits per heavy atom. The van der Waals surface area contributed by atoms with E-state index in [4.69, 9.17) is 18.9 Å². The fourth-order valence-corrected chi connectivity index (χ4v) is 4.78. The van der Waals surface area contributed by atoms with Crippen LogP contribution >= 0.6 is 0 Å². The SMILES string of the molecule is CCCCCCCOc1ccc(C(=O)N[C@@H]2C=C[C@H]([C@@H](C(=O)OCC)c3cc(OC)ccc3OC)C2)cc1. The van der Waals surface area contributed by atoms with Gasteiger partial charge in [0.15, 0.2) is 0 Å². The molecular weight excluding hydrogens is 482 g/mol. The molecule has 2 aromatic rings. The van der Waals surface area contributed by atoms with Gasteiger partial charge < -0.3 is 24.3 Å². The third kappa shape index (κ3) is 8.01. The topological polar surface area (TPSA) is 83.1 Å². The molecule has 0 heterocycles. The average molecular weight is 524 g/mol.